The predicted molar refractivity (Wildman–Crippen MR) is 84.8 cm³/mol. The molecule has 0 amide bonds. The topological polar surface area (TPSA) is 55.1 Å². The third kappa shape index (κ3) is 3.26. The van der Waals surface area contributed by atoms with Crippen LogP contribution in [0.3, 0.4) is 0 Å². The quantitative estimate of drug-likeness (QED) is 0.922. The second-order valence-corrected chi connectivity index (χ2v) is 7.03. The lowest BCUT2D eigenvalue weighted by Crippen LogP contribution is -2.19. The maximum absolute atomic E-state index is 11.2. The van der Waals surface area contributed by atoms with E-state index in [1.165, 1.54) is 0 Å². The van der Waals surface area contributed by atoms with E-state index in [1.54, 1.807) is 18.2 Å². The summed E-state index contributed by atoms with van der Waals surface area (Å²) in [7, 11) is 0. The number of aromatic nitrogens is 2. The molecule has 1 aromatic heterocycles. The van der Waals surface area contributed by atoms with Gasteiger partial charge in [-0.05, 0) is 30.5 Å². The number of aryl methyl sites for hydroxylation is 1. The summed E-state index contributed by atoms with van der Waals surface area (Å²) >= 11 is 0. The Morgan fingerprint density at radius 1 is 1.33 bits per heavy atom. The van der Waals surface area contributed by atoms with E-state index >= 15 is 0 Å². The van der Waals surface area contributed by atoms with Gasteiger partial charge in [-0.3, -0.25) is 0 Å². The zero-order valence-electron chi connectivity index (χ0n) is 13.5. The van der Waals surface area contributed by atoms with Gasteiger partial charge in [-0.1, -0.05) is 34.6 Å². The van der Waals surface area contributed by atoms with Gasteiger partial charge in [0.2, 0.25) is 0 Å². The van der Waals surface area contributed by atoms with Crippen LogP contribution in [0.5, 0.6) is 0 Å². The number of rotatable bonds is 4. The van der Waals surface area contributed by atoms with Crippen LogP contribution in [0, 0.1) is 5.92 Å². The van der Waals surface area contributed by atoms with Gasteiger partial charge in [-0.2, -0.15) is 0 Å². The largest absolute Gasteiger partial charge is 0.478 e. The number of carboxylic acids is 1. The molecular weight excluding hydrogens is 264 g/mol. The van der Waals surface area contributed by atoms with Gasteiger partial charge in [-0.25, -0.2) is 9.78 Å². The normalized spacial score (nSPS) is 12.3. The van der Waals surface area contributed by atoms with Crippen molar-refractivity contribution in [2.24, 2.45) is 5.92 Å². The van der Waals surface area contributed by atoms with Crippen molar-refractivity contribution in [3.8, 4) is 0 Å². The number of hydrogen-bond acceptors (Lipinski definition) is 2. The van der Waals surface area contributed by atoms with Gasteiger partial charge in [0.25, 0.3) is 0 Å². The number of hydrogen-bond donors (Lipinski definition) is 1. The molecule has 0 spiro atoms. The van der Waals surface area contributed by atoms with Gasteiger partial charge in [0.1, 0.15) is 5.82 Å². The minimum absolute atomic E-state index is 0.0701. The fourth-order valence-electron chi connectivity index (χ4n) is 2.44. The van der Waals surface area contributed by atoms with Crippen LogP contribution in [0.1, 0.15) is 57.2 Å². The molecule has 1 aromatic carbocycles. The van der Waals surface area contributed by atoms with Crippen LogP contribution in [-0.2, 0) is 12.0 Å². The molecule has 2 rings (SSSR count). The SMILES string of the molecule is CC(C)CCn1c(C(C)(C)C)nc2ccc(C(=O)O)cc21. The molecule has 0 aliphatic rings. The van der Waals surface area contributed by atoms with E-state index in [-0.39, 0.29) is 5.41 Å². The Balaban J connectivity index is 2.61. The fourth-order valence-corrected chi connectivity index (χ4v) is 2.44. The number of aromatic carboxylic acids is 1. The van der Waals surface area contributed by atoms with Crippen molar-refractivity contribution in [2.45, 2.75) is 53.0 Å². The molecule has 0 saturated carbocycles. The molecule has 1 N–H and O–H groups in total. The Morgan fingerprint density at radius 2 is 2.00 bits per heavy atom. The molecule has 0 bridgehead atoms. The summed E-state index contributed by atoms with van der Waals surface area (Å²) in [5, 5.41) is 9.19. The summed E-state index contributed by atoms with van der Waals surface area (Å²) in [5.41, 5.74) is 2.03. The van der Waals surface area contributed by atoms with Crippen LogP contribution >= 0.6 is 0 Å². The average molecular weight is 288 g/mol. The first-order valence-electron chi connectivity index (χ1n) is 7.44. The molecule has 4 nitrogen and oxygen atoms in total. The van der Waals surface area contributed by atoms with Crippen LogP contribution in [0.25, 0.3) is 11.0 Å². The lowest BCUT2D eigenvalue weighted by molar-refractivity contribution is 0.0697. The summed E-state index contributed by atoms with van der Waals surface area (Å²) in [6.07, 6.45) is 1.05. The van der Waals surface area contributed by atoms with E-state index in [9.17, 15) is 9.90 Å². The van der Waals surface area contributed by atoms with Crippen LogP contribution in [0.2, 0.25) is 0 Å². The highest BCUT2D eigenvalue weighted by Gasteiger charge is 2.23. The maximum atomic E-state index is 11.2. The molecule has 0 aliphatic heterocycles. The standard InChI is InChI=1S/C17H24N2O2/c1-11(2)8-9-19-14-10-12(15(20)21)6-7-13(14)18-16(19)17(3,4)5/h6-7,10-11H,8-9H2,1-5H3,(H,20,21). The first-order valence-corrected chi connectivity index (χ1v) is 7.44. The van der Waals surface area contributed by atoms with Crippen molar-refractivity contribution in [1.29, 1.82) is 0 Å². The lowest BCUT2D eigenvalue weighted by atomic mass is 9.95. The number of carboxylic acid groups (broad SMARTS) is 1. The summed E-state index contributed by atoms with van der Waals surface area (Å²) in [6, 6.07) is 5.16. The Labute approximate surface area is 125 Å². The minimum atomic E-state index is -0.897. The van der Waals surface area contributed by atoms with Crippen molar-refractivity contribution in [1.82, 2.24) is 9.55 Å². The van der Waals surface area contributed by atoms with Gasteiger partial charge in [-0.15, -0.1) is 0 Å². The average Bonchev–Trinajstić information content (AvgIpc) is 2.73. The molecule has 21 heavy (non-hydrogen) atoms. The van der Waals surface area contributed by atoms with E-state index in [1.807, 2.05) is 0 Å². The molecule has 0 atom stereocenters. The lowest BCUT2D eigenvalue weighted by Gasteiger charge is -2.20. The molecule has 0 fully saturated rings. The Morgan fingerprint density at radius 3 is 2.52 bits per heavy atom. The van der Waals surface area contributed by atoms with Crippen molar-refractivity contribution in [3.63, 3.8) is 0 Å². The Hall–Kier alpha value is -1.84. The summed E-state index contributed by atoms with van der Waals surface area (Å²) < 4.78 is 2.18. The smallest absolute Gasteiger partial charge is 0.335 e. The first kappa shape index (κ1) is 15.5. The highest BCUT2D eigenvalue weighted by molar-refractivity contribution is 5.92. The fraction of sp³-hybridized carbons (Fsp3) is 0.529. The third-order valence-electron chi connectivity index (χ3n) is 3.60. The van der Waals surface area contributed by atoms with Crippen molar-refractivity contribution >= 4 is 17.0 Å². The maximum Gasteiger partial charge on any atom is 0.335 e. The third-order valence-corrected chi connectivity index (χ3v) is 3.60. The number of imidazole rings is 1. The van der Waals surface area contributed by atoms with Crippen molar-refractivity contribution in [3.05, 3.63) is 29.6 Å². The molecule has 4 heteroatoms. The first-order chi connectivity index (χ1) is 9.70. The van der Waals surface area contributed by atoms with Crippen LogP contribution in [-0.4, -0.2) is 20.6 Å². The van der Waals surface area contributed by atoms with Crippen LogP contribution in [0.15, 0.2) is 18.2 Å². The minimum Gasteiger partial charge on any atom is -0.478 e. The molecule has 0 aliphatic carbocycles. The van der Waals surface area contributed by atoms with Gasteiger partial charge in [0, 0.05) is 12.0 Å². The summed E-state index contributed by atoms with van der Waals surface area (Å²) in [4.78, 5) is 15.9. The molecular formula is C17H24N2O2. The van der Waals surface area contributed by atoms with Gasteiger partial charge in [0.05, 0.1) is 16.6 Å². The molecule has 2 aromatic rings. The zero-order valence-corrected chi connectivity index (χ0v) is 13.5. The second kappa shape index (κ2) is 5.51. The highest BCUT2D eigenvalue weighted by atomic mass is 16.4. The predicted octanol–water partition coefficient (Wildman–Crippen LogP) is 4.08. The Bertz CT molecular complexity index is 663. The number of nitrogens with zero attached hydrogens (tertiary/aromatic N) is 2. The monoisotopic (exact) mass is 288 g/mol. The summed E-state index contributed by atoms with van der Waals surface area (Å²) in [6.45, 7) is 11.7. The second-order valence-electron chi connectivity index (χ2n) is 7.03. The zero-order chi connectivity index (χ0) is 15.8. The molecule has 1 heterocycles. The van der Waals surface area contributed by atoms with Crippen LogP contribution < -0.4 is 0 Å². The molecule has 0 radical (unpaired) electrons. The van der Waals surface area contributed by atoms with E-state index in [2.05, 4.69) is 39.2 Å². The number of fused-ring (bicyclic) bond motifs is 1. The molecule has 0 saturated heterocycles. The molecule has 0 unspecified atom stereocenters. The van der Waals surface area contributed by atoms with Crippen LogP contribution in [0.4, 0.5) is 0 Å². The number of benzene rings is 1. The van der Waals surface area contributed by atoms with Gasteiger partial charge >= 0.3 is 5.97 Å². The number of carbonyl (C=O) groups is 1. The van der Waals surface area contributed by atoms with E-state index in [4.69, 9.17) is 4.98 Å². The van der Waals surface area contributed by atoms with E-state index in [0.29, 0.717) is 11.5 Å². The van der Waals surface area contributed by atoms with Gasteiger partial charge < -0.3 is 9.67 Å². The highest BCUT2D eigenvalue weighted by Crippen LogP contribution is 2.27. The van der Waals surface area contributed by atoms with E-state index < -0.39 is 5.97 Å². The van der Waals surface area contributed by atoms with Crippen molar-refractivity contribution in [2.75, 3.05) is 0 Å². The van der Waals surface area contributed by atoms with Crippen molar-refractivity contribution < 1.29 is 9.90 Å². The van der Waals surface area contributed by atoms with Gasteiger partial charge in [0.15, 0.2) is 0 Å². The summed E-state index contributed by atoms with van der Waals surface area (Å²) in [5.74, 6) is 0.712. The molecule has 114 valence electrons. The van der Waals surface area contributed by atoms with E-state index in [0.717, 1.165) is 29.8 Å². The Kier molecular flexibility index (Phi) is 4.08.